The first-order chi connectivity index (χ1) is 10.1. The Labute approximate surface area is 118 Å². The summed E-state index contributed by atoms with van der Waals surface area (Å²) in [5, 5.41) is 9.98. The second-order valence-electron chi connectivity index (χ2n) is 4.22. The lowest BCUT2D eigenvalue weighted by molar-refractivity contribution is 0.454. The fourth-order valence-electron chi connectivity index (χ4n) is 1.92. The van der Waals surface area contributed by atoms with Crippen LogP contribution in [0.4, 0.5) is 4.39 Å². The van der Waals surface area contributed by atoms with Crippen molar-refractivity contribution in [1.82, 2.24) is 19.9 Å². The third kappa shape index (κ3) is 2.48. The number of hydrogen-bond donors (Lipinski definition) is 2. The highest BCUT2D eigenvalue weighted by molar-refractivity contribution is 5.68. The average Bonchev–Trinajstić information content (AvgIpc) is 2.47. The molecule has 0 saturated carbocycles. The van der Waals surface area contributed by atoms with Crippen molar-refractivity contribution in [2.45, 2.75) is 0 Å². The van der Waals surface area contributed by atoms with Crippen LogP contribution in [0.2, 0.25) is 0 Å². The van der Waals surface area contributed by atoms with Crippen LogP contribution in [0.5, 0.6) is 5.88 Å². The van der Waals surface area contributed by atoms with E-state index < -0.39 is 17.3 Å². The van der Waals surface area contributed by atoms with Crippen LogP contribution < -0.4 is 5.56 Å². The number of hydrogen-bond acceptors (Lipinski definition) is 5. The molecule has 0 atom stereocenters. The van der Waals surface area contributed by atoms with Gasteiger partial charge in [0.2, 0.25) is 5.88 Å². The quantitative estimate of drug-likeness (QED) is 0.747. The van der Waals surface area contributed by atoms with E-state index in [1.54, 1.807) is 6.07 Å². The first kappa shape index (κ1) is 12.9. The minimum atomic E-state index is -0.582. The number of aromatic hydroxyl groups is 1. The Morgan fingerprint density at radius 3 is 2.76 bits per heavy atom. The molecule has 104 valence electrons. The highest BCUT2D eigenvalue weighted by atomic mass is 19.1. The SMILES string of the molecule is O=c1[nH]c(-c2ccncn2)nc(O)c1-c1cccc(F)c1. The predicted molar refractivity (Wildman–Crippen MR) is 72.9 cm³/mol. The van der Waals surface area contributed by atoms with Gasteiger partial charge < -0.3 is 10.1 Å². The zero-order chi connectivity index (χ0) is 14.8. The Hall–Kier alpha value is -3.09. The summed E-state index contributed by atoms with van der Waals surface area (Å²) in [7, 11) is 0. The standard InChI is InChI=1S/C14H9FN4O2/c15-9-3-1-2-8(6-9)11-13(20)18-12(19-14(11)21)10-4-5-16-7-17-10/h1-7H,(H2,18,19,20,21). The number of aromatic amines is 1. The second kappa shape index (κ2) is 5.12. The van der Waals surface area contributed by atoms with E-state index in [-0.39, 0.29) is 17.0 Å². The summed E-state index contributed by atoms with van der Waals surface area (Å²) < 4.78 is 13.2. The molecule has 0 spiro atoms. The van der Waals surface area contributed by atoms with E-state index >= 15 is 0 Å². The monoisotopic (exact) mass is 284 g/mol. The zero-order valence-corrected chi connectivity index (χ0v) is 10.6. The number of H-pyrrole nitrogens is 1. The molecule has 2 N–H and O–H groups in total. The zero-order valence-electron chi connectivity index (χ0n) is 10.6. The predicted octanol–water partition coefficient (Wildman–Crippen LogP) is 1.74. The summed E-state index contributed by atoms with van der Waals surface area (Å²) in [5.41, 5.74) is -0.0623. The maximum Gasteiger partial charge on any atom is 0.262 e. The minimum Gasteiger partial charge on any atom is -0.493 e. The average molecular weight is 284 g/mol. The molecule has 0 aliphatic heterocycles. The molecule has 0 aliphatic carbocycles. The van der Waals surface area contributed by atoms with Gasteiger partial charge in [0.05, 0.1) is 0 Å². The molecular weight excluding hydrogens is 275 g/mol. The summed E-state index contributed by atoms with van der Waals surface area (Å²) in [6.07, 6.45) is 2.78. The molecule has 0 aliphatic rings. The number of rotatable bonds is 2. The van der Waals surface area contributed by atoms with E-state index in [1.807, 2.05) is 0 Å². The van der Waals surface area contributed by atoms with Crippen LogP contribution in [0.1, 0.15) is 0 Å². The Morgan fingerprint density at radius 2 is 2.10 bits per heavy atom. The van der Waals surface area contributed by atoms with E-state index in [0.717, 1.165) is 6.07 Å². The van der Waals surface area contributed by atoms with Crippen LogP contribution in [-0.2, 0) is 0 Å². The number of halogens is 1. The van der Waals surface area contributed by atoms with Crippen molar-refractivity contribution in [3.63, 3.8) is 0 Å². The lowest BCUT2D eigenvalue weighted by atomic mass is 10.1. The second-order valence-corrected chi connectivity index (χ2v) is 4.22. The maximum absolute atomic E-state index is 13.2. The Bertz CT molecular complexity index is 849. The van der Waals surface area contributed by atoms with Gasteiger partial charge in [0.1, 0.15) is 23.4 Å². The molecule has 0 amide bonds. The van der Waals surface area contributed by atoms with E-state index in [4.69, 9.17) is 0 Å². The van der Waals surface area contributed by atoms with Crippen LogP contribution in [0.25, 0.3) is 22.6 Å². The van der Waals surface area contributed by atoms with Gasteiger partial charge in [-0.25, -0.2) is 14.4 Å². The fourth-order valence-corrected chi connectivity index (χ4v) is 1.92. The topological polar surface area (TPSA) is 91.8 Å². The first-order valence-electron chi connectivity index (χ1n) is 6.01. The molecule has 0 fully saturated rings. The largest absolute Gasteiger partial charge is 0.493 e. The van der Waals surface area contributed by atoms with E-state index in [2.05, 4.69) is 19.9 Å². The molecule has 3 rings (SSSR count). The Kier molecular flexibility index (Phi) is 3.15. The Balaban J connectivity index is 2.16. The molecule has 1 aromatic carbocycles. The summed E-state index contributed by atoms with van der Waals surface area (Å²) in [4.78, 5) is 26.2. The number of aromatic nitrogens is 4. The smallest absolute Gasteiger partial charge is 0.262 e. The van der Waals surface area contributed by atoms with Gasteiger partial charge in [-0.3, -0.25) is 4.79 Å². The molecular formula is C14H9FN4O2. The van der Waals surface area contributed by atoms with Gasteiger partial charge in [0.25, 0.3) is 5.56 Å². The van der Waals surface area contributed by atoms with Gasteiger partial charge in [-0.2, -0.15) is 4.98 Å². The van der Waals surface area contributed by atoms with Gasteiger partial charge in [0.15, 0.2) is 5.82 Å². The molecule has 2 heterocycles. The van der Waals surface area contributed by atoms with Crippen LogP contribution in [0, 0.1) is 5.82 Å². The van der Waals surface area contributed by atoms with Gasteiger partial charge >= 0.3 is 0 Å². The fraction of sp³-hybridized carbons (Fsp3) is 0. The molecule has 21 heavy (non-hydrogen) atoms. The van der Waals surface area contributed by atoms with Crippen LogP contribution >= 0.6 is 0 Å². The molecule has 2 aromatic heterocycles. The van der Waals surface area contributed by atoms with Crippen LogP contribution in [0.3, 0.4) is 0 Å². The summed E-state index contributed by atoms with van der Waals surface area (Å²) >= 11 is 0. The van der Waals surface area contributed by atoms with Crippen LogP contribution in [-0.4, -0.2) is 25.0 Å². The lowest BCUT2D eigenvalue weighted by Gasteiger charge is -2.05. The molecule has 0 unspecified atom stereocenters. The van der Waals surface area contributed by atoms with E-state index in [1.165, 1.54) is 30.7 Å². The van der Waals surface area contributed by atoms with Gasteiger partial charge in [-0.05, 0) is 23.8 Å². The minimum absolute atomic E-state index is 0.0905. The lowest BCUT2D eigenvalue weighted by Crippen LogP contribution is -2.12. The molecule has 7 heteroatoms. The maximum atomic E-state index is 13.2. The van der Waals surface area contributed by atoms with E-state index in [9.17, 15) is 14.3 Å². The van der Waals surface area contributed by atoms with Gasteiger partial charge in [-0.1, -0.05) is 12.1 Å². The number of benzene rings is 1. The third-order valence-electron chi connectivity index (χ3n) is 2.84. The number of nitrogens with zero attached hydrogens (tertiary/aromatic N) is 3. The third-order valence-corrected chi connectivity index (χ3v) is 2.84. The van der Waals surface area contributed by atoms with Gasteiger partial charge in [-0.15, -0.1) is 0 Å². The molecule has 0 radical (unpaired) electrons. The van der Waals surface area contributed by atoms with E-state index in [0.29, 0.717) is 5.69 Å². The van der Waals surface area contributed by atoms with Gasteiger partial charge in [0, 0.05) is 6.20 Å². The van der Waals surface area contributed by atoms with Crippen molar-refractivity contribution < 1.29 is 9.50 Å². The van der Waals surface area contributed by atoms with Crippen molar-refractivity contribution >= 4 is 0 Å². The molecule has 0 saturated heterocycles. The van der Waals surface area contributed by atoms with Crippen LogP contribution in [0.15, 0.2) is 47.7 Å². The van der Waals surface area contributed by atoms with Crippen molar-refractivity contribution in [3.05, 3.63) is 59.0 Å². The number of nitrogens with one attached hydrogen (secondary N) is 1. The Morgan fingerprint density at radius 1 is 1.24 bits per heavy atom. The van der Waals surface area contributed by atoms with Crippen molar-refractivity contribution in [3.8, 4) is 28.5 Å². The molecule has 3 aromatic rings. The summed E-state index contributed by atoms with van der Waals surface area (Å²) in [6.45, 7) is 0. The highest BCUT2D eigenvalue weighted by Crippen LogP contribution is 2.25. The molecule has 0 bridgehead atoms. The van der Waals surface area contributed by atoms with Crippen molar-refractivity contribution in [2.24, 2.45) is 0 Å². The van der Waals surface area contributed by atoms with Crippen molar-refractivity contribution in [2.75, 3.05) is 0 Å². The highest BCUT2D eigenvalue weighted by Gasteiger charge is 2.14. The summed E-state index contributed by atoms with van der Waals surface area (Å²) in [6, 6.07) is 6.90. The normalized spacial score (nSPS) is 10.5. The first-order valence-corrected chi connectivity index (χ1v) is 6.01. The summed E-state index contributed by atoms with van der Waals surface area (Å²) in [5.74, 6) is -0.885. The molecule has 6 nitrogen and oxygen atoms in total. The van der Waals surface area contributed by atoms with Crippen molar-refractivity contribution in [1.29, 1.82) is 0 Å².